The van der Waals surface area contributed by atoms with Crippen LogP contribution in [0.1, 0.15) is 29.8 Å². The second kappa shape index (κ2) is 10.6. The highest BCUT2D eigenvalue weighted by molar-refractivity contribution is 9.11. The van der Waals surface area contributed by atoms with E-state index in [1.807, 2.05) is 0 Å². The first-order chi connectivity index (χ1) is 14.2. The Hall–Kier alpha value is -2.39. The van der Waals surface area contributed by atoms with Gasteiger partial charge in [0.1, 0.15) is 0 Å². The van der Waals surface area contributed by atoms with Gasteiger partial charge in [-0.25, -0.2) is 0 Å². The molecule has 0 aliphatic heterocycles. The first-order valence-electron chi connectivity index (χ1n) is 8.95. The number of nitrogens with one attached hydrogen (secondary N) is 1. The standard InChI is InChI=1S/C19H20BrN2O7P/c1-3-28-30(27,29-4-2)18(20)19(24)21-16-11-10-14(22(25)26)12-15(16)17(23)13-8-6-5-7-9-13/h5-12,18H,3-4H2,1-2H3,(H,21,24). The van der Waals surface area contributed by atoms with Gasteiger partial charge in [0.15, 0.2) is 10.4 Å². The highest BCUT2D eigenvalue weighted by Crippen LogP contribution is 2.55. The number of non-ortho nitro benzene ring substituents is 1. The third kappa shape index (κ3) is 5.60. The highest BCUT2D eigenvalue weighted by atomic mass is 79.9. The van der Waals surface area contributed by atoms with Crippen LogP contribution in [0.5, 0.6) is 0 Å². The van der Waals surface area contributed by atoms with Crippen molar-refractivity contribution in [3.8, 4) is 0 Å². The SMILES string of the molecule is CCOP(=O)(OCC)C(Br)C(=O)Nc1ccc([N+](=O)[O-])cc1C(=O)c1ccccc1. The fraction of sp³-hybridized carbons (Fsp3) is 0.263. The minimum atomic E-state index is -3.81. The molecule has 0 aromatic heterocycles. The molecule has 0 spiro atoms. The molecular weight excluding hydrogens is 479 g/mol. The molecule has 2 aromatic carbocycles. The maximum Gasteiger partial charge on any atom is 0.353 e. The van der Waals surface area contributed by atoms with E-state index in [1.165, 1.54) is 6.07 Å². The van der Waals surface area contributed by atoms with Crippen LogP contribution in [0.25, 0.3) is 0 Å². The zero-order valence-corrected chi connectivity index (χ0v) is 18.7. The summed E-state index contributed by atoms with van der Waals surface area (Å²) >= 11 is 3.05. The Labute approximate surface area is 181 Å². The lowest BCUT2D eigenvalue weighted by Gasteiger charge is -2.21. The third-order valence-electron chi connectivity index (χ3n) is 3.86. The van der Waals surface area contributed by atoms with E-state index in [-0.39, 0.29) is 35.7 Å². The van der Waals surface area contributed by atoms with E-state index in [9.17, 15) is 24.3 Å². The Kier molecular flexibility index (Phi) is 8.43. The van der Waals surface area contributed by atoms with Crippen molar-refractivity contribution in [2.75, 3.05) is 18.5 Å². The smallest absolute Gasteiger partial charge is 0.324 e. The summed E-state index contributed by atoms with van der Waals surface area (Å²) in [5.74, 6) is -1.30. The number of rotatable bonds is 10. The number of nitro benzene ring substituents is 1. The minimum Gasteiger partial charge on any atom is -0.324 e. The van der Waals surface area contributed by atoms with Crippen molar-refractivity contribution in [1.82, 2.24) is 0 Å². The van der Waals surface area contributed by atoms with Crippen molar-refractivity contribution in [2.24, 2.45) is 0 Å². The second-order valence-corrected chi connectivity index (χ2v) is 9.62. The van der Waals surface area contributed by atoms with E-state index in [4.69, 9.17) is 9.05 Å². The van der Waals surface area contributed by atoms with Crippen molar-refractivity contribution >= 4 is 46.6 Å². The maximum absolute atomic E-state index is 12.9. The number of amides is 1. The number of nitro groups is 1. The van der Waals surface area contributed by atoms with Crippen molar-refractivity contribution in [2.45, 2.75) is 18.4 Å². The average Bonchev–Trinajstić information content (AvgIpc) is 2.73. The molecule has 0 bridgehead atoms. The van der Waals surface area contributed by atoms with Crippen LogP contribution >= 0.6 is 23.5 Å². The summed E-state index contributed by atoms with van der Waals surface area (Å²) in [7, 11) is -3.81. The van der Waals surface area contributed by atoms with Gasteiger partial charge in [0.25, 0.3) is 11.6 Å². The molecule has 1 amide bonds. The molecule has 1 N–H and O–H groups in total. The van der Waals surface area contributed by atoms with Crippen molar-refractivity contribution in [1.29, 1.82) is 0 Å². The number of alkyl halides is 1. The Morgan fingerprint density at radius 1 is 1.13 bits per heavy atom. The van der Waals surface area contributed by atoms with E-state index in [0.29, 0.717) is 0 Å². The number of carbonyl (C=O) groups excluding carboxylic acids is 2. The summed E-state index contributed by atoms with van der Waals surface area (Å²) < 4.78 is 21.8. The molecule has 0 heterocycles. The largest absolute Gasteiger partial charge is 0.353 e. The Balaban J connectivity index is 2.41. The van der Waals surface area contributed by atoms with Gasteiger partial charge >= 0.3 is 7.60 Å². The van der Waals surface area contributed by atoms with E-state index in [2.05, 4.69) is 21.2 Å². The van der Waals surface area contributed by atoms with Crippen LogP contribution in [0.15, 0.2) is 48.5 Å². The number of halogens is 1. The molecule has 9 nitrogen and oxygen atoms in total. The van der Waals surface area contributed by atoms with Crippen LogP contribution in [-0.4, -0.2) is 34.4 Å². The fourth-order valence-corrected chi connectivity index (χ4v) is 4.78. The molecule has 0 aliphatic rings. The van der Waals surface area contributed by atoms with Gasteiger partial charge in [0.05, 0.1) is 29.4 Å². The molecule has 2 aromatic rings. The number of hydrogen-bond acceptors (Lipinski definition) is 7. The molecule has 30 heavy (non-hydrogen) atoms. The topological polar surface area (TPSA) is 125 Å². The van der Waals surface area contributed by atoms with Gasteiger partial charge in [-0.05, 0) is 19.9 Å². The van der Waals surface area contributed by atoms with Gasteiger partial charge in [-0.1, -0.05) is 46.3 Å². The van der Waals surface area contributed by atoms with E-state index >= 15 is 0 Å². The molecule has 0 aliphatic carbocycles. The summed E-state index contributed by atoms with van der Waals surface area (Å²) in [5.41, 5.74) is -0.0651. The van der Waals surface area contributed by atoms with Gasteiger partial charge in [-0.2, -0.15) is 0 Å². The van der Waals surface area contributed by atoms with Crippen molar-refractivity contribution in [3.05, 3.63) is 69.8 Å². The minimum absolute atomic E-state index is 0.0310. The lowest BCUT2D eigenvalue weighted by molar-refractivity contribution is -0.384. The quantitative estimate of drug-likeness (QED) is 0.164. The number of carbonyl (C=O) groups is 2. The van der Waals surface area contributed by atoms with Gasteiger partial charge in [-0.3, -0.25) is 24.3 Å². The monoisotopic (exact) mass is 498 g/mol. The zero-order chi connectivity index (χ0) is 22.3. The van der Waals surface area contributed by atoms with Gasteiger partial charge in [0.2, 0.25) is 0 Å². The van der Waals surface area contributed by atoms with Gasteiger partial charge < -0.3 is 14.4 Å². The fourth-order valence-electron chi connectivity index (χ4n) is 2.55. The van der Waals surface area contributed by atoms with Crippen molar-refractivity contribution < 1.29 is 28.1 Å². The van der Waals surface area contributed by atoms with Crippen LogP contribution < -0.4 is 5.32 Å². The van der Waals surface area contributed by atoms with Gasteiger partial charge in [0, 0.05) is 17.7 Å². The summed E-state index contributed by atoms with van der Waals surface area (Å²) in [6.07, 6.45) is 0. The lowest BCUT2D eigenvalue weighted by Crippen LogP contribution is -2.26. The van der Waals surface area contributed by atoms with E-state index in [1.54, 1.807) is 44.2 Å². The summed E-state index contributed by atoms with van der Waals surface area (Å²) in [6, 6.07) is 11.6. The molecule has 160 valence electrons. The molecule has 2 rings (SSSR count). The van der Waals surface area contributed by atoms with Crippen molar-refractivity contribution in [3.63, 3.8) is 0 Å². The van der Waals surface area contributed by atoms with E-state index < -0.39 is 28.8 Å². The van der Waals surface area contributed by atoms with Crippen LogP contribution in [0.2, 0.25) is 0 Å². The molecule has 0 saturated carbocycles. The number of nitrogens with zero attached hydrogens (tertiary/aromatic N) is 1. The third-order valence-corrected chi connectivity index (χ3v) is 7.81. The summed E-state index contributed by atoms with van der Waals surface area (Å²) in [6.45, 7) is 3.33. The predicted octanol–water partition coefficient (Wildman–Crippen LogP) is 4.75. The first-order valence-corrected chi connectivity index (χ1v) is 11.5. The second-order valence-electron chi connectivity index (χ2n) is 5.88. The molecule has 11 heteroatoms. The zero-order valence-electron chi connectivity index (χ0n) is 16.2. The predicted molar refractivity (Wildman–Crippen MR) is 115 cm³/mol. The first kappa shape index (κ1) is 23.9. The molecule has 0 saturated heterocycles. The average molecular weight is 499 g/mol. The van der Waals surface area contributed by atoms with Crippen LogP contribution in [0.3, 0.4) is 0 Å². The van der Waals surface area contributed by atoms with Crippen LogP contribution in [0, 0.1) is 10.1 Å². The molecular formula is C19H20BrN2O7P. The van der Waals surface area contributed by atoms with Crippen LogP contribution in [-0.2, 0) is 18.4 Å². The number of benzene rings is 2. The Morgan fingerprint density at radius 2 is 1.73 bits per heavy atom. The van der Waals surface area contributed by atoms with Gasteiger partial charge in [-0.15, -0.1) is 0 Å². The Bertz CT molecular complexity index is 974. The Morgan fingerprint density at radius 3 is 2.27 bits per heavy atom. The molecule has 0 fully saturated rings. The normalized spacial score (nSPS) is 12.2. The van der Waals surface area contributed by atoms with E-state index in [0.717, 1.165) is 12.1 Å². The number of hydrogen-bond donors (Lipinski definition) is 1. The number of ketones is 1. The maximum atomic E-state index is 12.9. The molecule has 1 unspecified atom stereocenters. The lowest BCUT2D eigenvalue weighted by atomic mass is 10.0. The summed E-state index contributed by atoms with van der Waals surface area (Å²) in [4.78, 5) is 36.1. The molecule has 0 radical (unpaired) electrons. The van der Waals surface area contributed by atoms with Crippen LogP contribution in [0.4, 0.5) is 11.4 Å². The molecule has 1 atom stereocenters. The highest BCUT2D eigenvalue weighted by Gasteiger charge is 2.39. The summed E-state index contributed by atoms with van der Waals surface area (Å²) in [5, 5.41) is 13.6. The number of anilines is 1.